The zero-order chi connectivity index (χ0) is 19.5. The highest BCUT2D eigenvalue weighted by molar-refractivity contribution is 8.00. The number of thioether (sulfide) groups is 1. The van der Waals surface area contributed by atoms with E-state index in [2.05, 4.69) is 24.3 Å². The van der Waals surface area contributed by atoms with E-state index in [4.69, 9.17) is 5.73 Å². The van der Waals surface area contributed by atoms with Gasteiger partial charge in [-0.15, -0.1) is 11.8 Å². The Balaban J connectivity index is 1.35. The number of amides is 2. The number of carbonyl (C=O) groups is 2. The van der Waals surface area contributed by atoms with Crippen LogP contribution in [0.4, 0.5) is 5.69 Å². The lowest BCUT2D eigenvalue weighted by Gasteiger charge is -2.33. The van der Waals surface area contributed by atoms with Crippen LogP contribution in [0.5, 0.6) is 0 Å². The first-order chi connectivity index (χ1) is 13.6. The fraction of sp³-hybridized carbons (Fsp3) is 0.364. The molecular weight excluding hydrogens is 370 g/mol. The van der Waals surface area contributed by atoms with Gasteiger partial charge in [-0.25, -0.2) is 0 Å². The van der Waals surface area contributed by atoms with Crippen molar-refractivity contribution >= 4 is 29.3 Å². The van der Waals surface area contributed by atoms with Crippen molar-refractivity contribution in [3.8, 4) is 0 Å². The number of quaternary nitrogens is 1. The molecule has 2 heterocycles. The molecule has 28 heavy (non-hydrogen) atoms. The number of carbonyl (C=O) groups excluding carboxylic acids is 2. The van der Waals surface area contributed by atoms with Crippen molar-refractivity contribution in [2.24, 2.45) is 0 Å². The Bertz CT molecular complexity index is 850. The summed E-state index contributed by atoms with van der Waals surface area (Å²) in [5, 5.41) is -0.355. The number of nitrogen functional groups attached to an aromatic ring is 1. The standard InChI is InChI=1S/C22H25N3O2S/c23-18-8-4-5-9-19(18)28-20-14-21(26)25(22(20)27)17-10-12-24(13-11-17)15-16-6-2-1-3-7-16/h1-9,17,20H,10-15,23H2/p+1/t20-/m0/s1. The Hall–Kier alpha value is -2.31. The Morgan fingerprint density at radius 3 is 2.39 bits per heavy atom. The van der Waals surface area contributed by atoms with Crippen molar-refractivity contribution in [2.45, 2.75) is 42.0 Å². The van der Waals surface area contributed by atoms with E-state index in [1.54, 1.807) is 4.90 Å². The average molecular weight is 397 g/mol. The van der Waals surface area contributed by atoms with E-state index < -0.39 is 0 Å². The molecule has 146 valence electrons. The number of piperidine rings is 1. The van der Waals surface area contributed by atoms with Gasteiger partial charge in [0, 0.05) is 35.4 Å². The number of nitrogens with zero attached hydrogens (tertiary/aromatic N) is 1. The van der Waals surface area contributed by atoms with Crippen LogP contribution >= 0.6 is 11.8 Å². The second-order valence-electron chi connectivity index (χ2n) is 7.59. The monoisotopic (exact) mass is 396 g/mol. The second-order valence-corrected chi connectivity index (χ2v) is 8.84. The van der Waals surface area contributed by atoms with Crippen LogP contribution in [0.25, 0.3) is 0 Å². The number of hydrogen-bond acceptors (Lipinski definition) is 4. The number of nitrogens with two attached hydrogens (primary N) is 1. The molecule has 0 radical (unpaired) electrons. The lowest BCUT2D eigenvalue weighted by Crippen LogP contribution is -3.12. The van der Waals surface area contributed by atoms with Gasteiger partial charge in [0.2, 0.25) is 11.8 Å². The van der Waals surface area contributed by atoms with Gasteiger partial charge >= 0.3 is 0 Å². The van der Waals surface area contributed by atoms with Crippen molar-refractivity contribution in [1.82, 2.24) is 4.90 Å². The lowest BCUT2D eigenvalue weighted by atomic mass is 10.0. The molecule has 0 aliphatic carbocycles. The summed E-state index contributed by atoms with van der Waals surface area (Å²) in [6.45, 7) is 2.97. The largest absolute Gasteiger partial charge is 0.398 e. The van der Waals surface area contributed by atoms with Crippen LogP contribution in [0.1, 0.15) is 24.8 Å². The Kier molecular flexibility index (Phi) is 5.69. The molecule has 6 heteroatoms. The lowest BCUT2D eigenvalue weighted by molar-refractivity contribution is -0.919. The summed E-state index contributed by atoms with van der Waals surface area (Å²) in [5.41, 5.74) is 7.99. The molecule has 2 aromatic rings. The van der Waals surface area contributed by atoms with E-state index in [9.17, 15) is 9.59 Å². The van der Waals surface area contributed by atoms with Crippen molar-refractivity contribution in [2.75, 3.05) is 18.8 Å². The number of likely N-dealkylation sites (tertiary alicyclic amines) is 2. The highest BCUT2D eigenvalue weighted by atomic mass is 32.2. The number of nitrogens with one attached hydrogen (secondary N) is 1. The molecule has 4 rings (SSSR count). The molecule has 2 aliphatic heterocycles. The van der Waals surface area contributed by atoms with Crippen LogP contribution in [0, 0.1) is 0 Å². The first-order valence-corrected chi connectivity index (χ1v) is 10.7. The van der Waals surface area contributed by atoms with Crippen LogP contribution in [0.3, 0.4) is 0 Å². The summed E-state index contributed by atoms with van der Waals surface area (Å²) in [4.78, 5) is 29.5. The number of anilines is 1. The quantitative estimate of drug-likeness (QED) is 0.597. The molecule has 5 nitrogen and oxygen atoms in total. The summed E-state index contributed by atoms with van der Waals surface area (Å²) < 4.78 is 0. The van der Waals surface area contributed by atoms with Gasteiger partial charge in [0.25, 0.3) is 0 Å². The minimum absolute atomic E-state index is 0.0338. The third kappa shape index (κ3) is 4.08. The molecule has 2 aliphatic rings. The topological polar surface area (TPSA) is 67.8 Å². The smallest absolute Gasteiger partial charge is 0.243 e. The van der Waals surface area contributed by atoms with E-state index in [0.29, 0.717) is 5.69 Å². The van der Waals surface area contributed by atoms with Crippen LogP contribution in [0.15, 0.2) is 59.5 Å². The van der Waals surface area contributed by atoms with Gasteiger partial charge in [-0.1, -0.05) is 42.5 Å². The predicted molar refractivity (Wildman–Crippen MR) is 111 cm³/mol. The van der Waals surface area contributed by atoms with E-state index in [1.165, 1.54) is 22.2 Å². The highest BCUT2D eigenvalue weighted by Crippen LogP contribution is 2.35. The third-order valence-electron chi connectivity index (χ3n) is 5.65. The van der Waals surface area contributed by atoms with Gasteiger partial charge in [-0.2, -0.15) is 0 Å². The summed E-state index contributed by atoms with van der Waals surface area (Å²) in [5.74, 6) is -0.0803. The molecule has 0 saturated carbocycles. The second kappa shape index (κ2) is 8.37. The van der Waals surface area contributed by atoms with E-state index in [0.717, 1.165) is 37.4 Å². The summed E-state index contributed by atoms with van der Waals surface area (Å²) in [6, 6.07) is 18.0. The maximum absolute atomic E-state index is 12.9. The molecule has 0 spiro atoms. The van der Waals surface area contributed by atoms with Crippen molar-refractivity contribution < 1.29 is 14.5 Å². The molecule has 1 atom stereocenters. The molecule has 2 saturated heterocycles. The molecule has 0 unspecified atom stereocenters. The molecule has 2 amide bonds. The maximum Gasteiger partial charge on any atom is 0.243 e. The average Bonchev–Trinajstić information content (AvgIpc) is 2.98. The SMILES string of the molecule is Nc1ccccc1S[C@H]1CC(=O)N(C2CC[NH+](Cc3ccccc3)CC2)C1=O. The minimum Gasteiger partial charge on any atom is -0.398 e. The third-order valence-corrected chi connectivity index (χ3v) is 6.93. The van der Waals surface area contributed by atoms with Crippen LogP contribution in [-0.2, 0) is 16.1 Å². The summed E-state index contributed by atoms with van der Waals surface area (Å²) in [7, 11) is 0. The van der Waals surface area contributed by atoms with Crippen molar-refractivity contribution in [3.05, 3.63) is 60.2 Å². The highest BCUT2D eigenvalue weighted by Gasteiger charge is 2.44. The number of para-hydroxylation sites is 1. The zero-order valence-electron chi connectivity index (χ0n) is 15.8. The normalized spacial score (nSPS) is 25.3. The van der Waals surface area contributed by atoms with E-state index >= 15 is 0 Å². The molecular formula is C22H26N3O2S+. The van der Waals surface area contributed by atoms with E-state index in [-0.39, 0.29) is 29.5 Å². The summed E-state index contributed by atoms with van der Waals surface area (Å²) >= 11 is 1.42. The molecule has 3 N–H and O–H groups in total. The number of benzene rings is 2. The predicted octanol–water partition coefficient (Wildman–Crippen LogP) is 1.74. The van der Waals surface area contributed by atoms with Crippen LogP contribution < -0.4 is 10.6 Å². The van der Waals surface area contributed by atoms with Gasteiger partial charge in [-0.05, 0) is 12.1 Å². The Labute approximate surface area is 169 Å². The van der Waals surface area contributed by atoms with Crippen LogP contribution in [0.2, 0.25) is 0 Å². The van der Waals surface area contributed by atoms with Crippen molar-refractivity contribution in [1.29, 1.82) is 0 Å². The van der Waals surface area contributed by atoms with Gasteiger partial charge in [0.1, 0.15) is 6.54 Å². The molecule has 0 bridgehead atoms. The first-order valence-electron chi connectivity index (χ1n) is 9.86. The molecule has 2 aromatic carbocycles. The van der Waals surface area contributed by atoms with Gasteiger partial charge in [0.05, 0.1) is 24.4 Å². The number of hydrogen-bond donors (Lipinski definition) is 2. The van der Waals surface area contributed by atoms with Gasteiger partial charge < -0.3 is 10.6 Å². The van der Waals surface area contributed by atoms with Gasteiger partial charge in [0.15, 0.2) is 0 Å². The minimum atomic E-state index is -0.355. The zero-order valence-corrected chi connectivity index (χ0v) is 16.7. The van der Waals surface area contributed by atoms with E-state index in [1.807, 2.05) is 30.3 Å². The number of rotatable bonds is 5. The maximum atomic E-state index is 12.9. The van der Waals surface area contributed by atoms with Crippen LogP contribution in [-0.4, -0.2) is 41.1 Å². The number of imide groups is 1. The van der Waals surface area contributed by atoms with Gasteiger partial charge in [-0.3, -0.25) is 14.5 Å². The fourth-order valence-corrected chi connectivity index (χ4v) is 5.28. The Morgan fingerprint density at radius 1 is 1.00 bits per heavy atom. The molecule has 0 aromatic heterocycles. The fourth-order valence-electron chi connectivity index (χ4n) is 4.17. The first kappa shape index (κ1) is 19.0. The van der Waals surface area contributed by atoms with Crippen molar-refractivity contribution in [3.63, 3.8) is 0 Å². The molecule has 2 fully saturated rings. The summed E-state index contributed by atoms with van der Waals surface area (Å²) in [6.07, 6.45) is 2.03. The Morgan fingerprint density at radius 2 is 1.68 bits per heavy atom.